The van der Waals surface area contributed by atoms with Gasteiger partial charge in [0.15, 0.2) is 0 Å². The van der Waals surface area contributed by atoms with Gasteiger partial charge in [-0.15, -0.1) is 0 Å². The van der Waals surface area contributed by atoms with Crippen molar-refractivity contribution in [3.05, 3.63) is 59.9 Å². The van der Waals surface area contributed by atoms with Crippen molar-refractivity contribution >= 4 is 27.6 Å². The maximum atomic E-state index is 14.2. The Bertz CT molecular complexity index is 1360. The van der Waals surface area contributed by atoms with E-state index >= 15 is 0 Å². The van der Waals surface area contributed by atoms with Gasteiger partial charge in [0.25, 0.3) is 0 Å². The predicted molar refractivity (Wildman–Crippen MR) is 149 cm³/mol. The van der Waals surface area contributed by atoms with Crippen LogP contribution in [0.2, 0.25) is 0 Å². The third kappa shape index (κ3) is 5.95. The van der Waals surface area contributed by atoms with E-state index in [0.29, 0.717) is 50.4 Å². The second kappa shape index (κ2) is 10.9. The smallest absolute Gasteiger partial charge is 0.328 e. The van der Waals surface area contributed by atoms with Gasteiger partial charge >= 0.3 is 6.03 Å². The van der Waals surface area contributed by atoms with Crippen LogP contribution in [0.15, 0.2) is 53.5 Å². The number of hydrogen-bond donors (Lipinski definition) is 1. The van der Waals surface area contributed by atoms with Crippen LogP contribution in [0.3, 0.4) is 0 Å². The molecule has 0 unspecified atom stereocenters. The molecule has 3 aliphatic rings. The second-order valence-electron chi connectivity index (χ2n) is 10.9. The number of carbonyl (C=O) groups excluding carboxylic acids is 1. The van der Waals surface area contributed by atoms with E-state index in [-0.39, 0.29) is 24.7 Å². The van der Waals surface area contributed by atoms with Gasteiger partial charge in [0.05, 0.1) is 18.4 Å². The quantitative estimate of drug-likeness (QED) is 0.562. The number of amidine groups is 1. The number of amides is 2. The van der Waals surface area contributed by atoms with Crippen LogP contribution in [-0.2, 0) is 16.6 Å². The molecule has 2 amide bonds. The van der Waals surface area contributed by atoms with Crippen LogP contribution in [0.4, 0.5) is 14.9 Å². The van der Waals surface area contributed by atoms with Gasteiger partial charge in [-0.2, -0.15) is 4.31 Å². The van der Waals surface area contributed by atoms with Gasteiger partial charge in [0.2, 0.25) is 10.0 Å². The van der Waals surface area contributed by atoms with Gasteiger partial charge in [0, 0.05) is 38.4 Å². The number of anilines is 1. The van der Waals surface area contributed by atoms with Crippen molar-refractivity contribution in [3.8, 4) is 5.75 Å². The molecule has 0 saturated carbocycles. The minimum atomic E-state index is -3.31. The number of halogens is 1. The van der Waals surface area contributed by atoms with Crippen molar-refractivity contribution in [2.24, 2.45) is 4.99 Å². The summed E-state index contributed by atoms with van der Waals surface area (Å²) in [5.74, 6) is 0.971. The topological polar surface area (TPSA) is 94.5 Å². The Kier molecular flexibility index (Phi) is 7.67. The van der Waals surface area contributed by atoms with E-state index < -0.39 is 21.4 Å². The van der Waals surface area contributed by atoms with Crippen molar-refractivity contribution in [2.45, 2.75) is 57.3 Å². The summed E-state index contributed by atoms with van der Waals surface area (Å²) in [5, 5.41) is 2.96. The number of carbonyl (C=O) groups is 1. The molecule has 39 heavy (non-hydrogen) atoms. The van der Waals surface area contributed by atoms with E-state index in [1.807, 2.05) is 26.0 Å². The number of nitrogens with zero attached hydrogens (tertiary/aromatic N) is 4. The molecule has 210 valence electrons. The van der Waals surface area contributed by atoms with E-state index in [9.17, 15) is 17.6 Å². The molecule has 2 aromatic carbocycles. The second-order valence-corrected chi connectivity index (χ2v) is 12.9. The molecule has 11 heteroatoms. The van der Waals surface area contributed by atoms with Crippen LogP contribution in [0.5, 0.6) is 5.75 Å². The Balaban J connectivity index is 1.39. The van der Waals surface area contributed by atoms with Crippen molar-refractivity contribution in [3.63, 3.8) is 0 Å². The van der Waals surface area contributed by atoms with Gasteiger partial charge in [0.1, 0.15) is 22.9 Å². The molecule has 5 rings (SSSR count). The Morgan fingerprint density at radius 2 is 1.87 bits per heavy atom. The number of sulfonamides is 1. The molecule has 0 aliphatic carbocycles. The van der Waals surface area contributed by atoms with Crippen LogP contribution in [-0.4, -0.2) is 79.6 Å². The van der Waals surface area contributed by atoms with E-state index in [1.54, 1.807) is 17.0 Å². The summed E-state index contributed by atoms with van der Waals surface area (Å²) in [7, 11) is -3.31. The number of likely N-dealkylation sites (tertiary alicyclic amines) is 1. The van der Waals surface area contributed by atoms with Crippen LogP contribution in [0.1, 0.15) is 38.7 Å². The minimum absolute atomic E-state index is 0.0957. The van der Waals surface area contributed by atoms with E-state index in [4.69, 9.17) is 9.73 Å². The lowest BCUT2D eigenvalue weighted by molar-refractivity contribution is 0.183. The average Bonchev–Trinajstić information content (AvgIpc) is 3.43. The minimum Gasteiger partial charge on any atom is -0.491 e. The fraction of sp³-hybridized carbons (Fsp3) is 0.500. The van der Waals surface area contributed by atoms with Crippen LogP contribution in [0.25, 0.3) is 0 Å². The summed E-state index contributed by atoms with van der Waals surface area (Å²) in [6.45, 7) is 6.84. The molecule has 0 aromatic heterocycles. The molecule has 3 heterocycles. The first kappa shape index (κ1) is 27.5. The molecule has 1 spiro atoms. The first-order chi connectivity index (χ1) is 18.5. The molecule has 0 bridgehead atoms. The molecule has 3 fully saturated rings. The zero-order chi connectivity index (χ0) is 27.8. The highest BCUT2D eigenvalue weighted by molar-refractivity contribution is 7.88. The lowest BCUT2D eigenvalue weighted by atomic mass is 9.84. The van der Waals surface area contributed by atoms with Crippen molar-refractivity contribution in [1.29, 1.82) is 0 Å². The maximum absolute atomic E-state index is 14.2. The summed E-state index contributed by atoms with van der Waals surface area (Å²) in [4.78, 5) is 22.2. The predicted octanol–water partition coefficient (Wildman–Crippen LogP) is 3.61. The molecule has 1 N–H and O–H groups in total. The highest BCUT2D eigenvalue weighted by Crippen LogP contribution is 2.39. The first-order valence-corrected chi connectivity index (χ1v) is 15.3. The van der Waals surface area contributed by atoms with Crippen LogP contribution in [0, 0.1) is 5.82 Å². The lowest BCUT2D eigenvalue weighted by Gasteiger charge is -2.43. The fourth-order valence-electron chi connectivity index (χ4n) is 5.79. The molecule has 3 saturated heterocycles. The number of benzene rings is 2. The monoisotopic (exact) mass is 557 g/mol. The molecule has 9 nitrogen and oxygen atoms in total. The van der Waals surface area contributed by atoms with Crippen LogP contribution >= 0.6 is 0 Å². The Labute approximate surface area is 229 Å². The summed E-state index contributed by atoms with van der Waals surface area (Å²) < 4.78 is 45.6. The third-order valence-electron chi connectivity index (χ3n) is 7.63. The standard InChI is InChI=1S/C28H36FN5O4S/c1-20(2)38-25-9-4-6-21(16-25)18-32-14-11-28(12-15-32)26(30-23-10-13-33(19-23)39(3,36)37)31-27(35)34(28)24-8-5-7-22(29)17-24/h4-9,16-17,20,23H,10-15,18-19H2,1-3H3,(H,30,31,35)/t23-/m0/s1. The van der Waals surface area contributed by atoms with Gasteiger partial charge in [-0.05, 0) is 69.0 Å². The SMILES string of the molecule is CC(C)Oc1cccc(CN2CCC3(CC2)C(=N[C@H]2CCN(S(C)(=O)=O)C2)NC(=O)N3c2cccc(F)c2)c1. The van der Waals surface area contributed by atoms with Crippen molar-refractivity contribution in [1.82, 2.24) is 14.5 Å². The molecular weight excluding hydrogens is 521 g/mol. The average molecular weight is 558 g/mol. The van der Waals surface area contributed by atoms with Gasteiger partial charge < -0.3 is 4.74 Å². The van der Waals surface area contributed by atoms with Crippen molar-refractivity contribution in [2.75, 3.05) is 37.3 Å². The van der Waals surface area contributed by atoms with Crippen molar-refractivity contribution < 1.29 is 22.3 Å². The number of nitrogens with one attached hydrogen (secondary N) is 1. The molecule has 1 atom stereocenters. The van der Waals surface area contributed by atoms with E-state index in [0.717, 1.165) is 17.9 Å². The third-order valence-corrected chi connectivity index (χ3v) is 8.90. The van der Waals surface area contributed by atoms with Gasteiger partial charge in [-0.25, -0.2) is 17.6 Å². The fourth-order valence-corrected chi connectivity index (χ4v) is 6.67. The number of ether oxygens (including phenoxy) is 1. The number of aliphatic imine (C=N–C) groups is 1. The van der Waals surface area contributed by atoms with E-state index in [2.05, 4.69) is 22.3 Å². The highest BCUT2D eigenvalue weighted by atomic mass is 32.2. The zero-order valence-electron chi connectivity index (χ0n) is 22.6. The lowest BCUT2D eigenvalue weighted by Crippen LogP contribution is -2.57. The van der Waals surface area contributed by atoms with Crippen LogP contribution < -0.4 is 15.0 Å². The highest BCUT2D eigenvalue weighted by Gasteiger charge is 2.53. The number of rotatable bonds is 7. The largest absolute Gasteiger partial charge is 0.491 e. The zero-order valence-corrected chi connectivity index (χ0v) is 23.5. The molecule has 2 aromatic rings. The molecule has 3 aliphatic heterocycles. The Morgan fingerprint density at radius 1 is 1.13 bits per heavy atom. The summed E-state index contributed by atoms with van der Waals surface area (Å²) in [5.41, 5.74) is 0.865. The maximum Gasteiger partial charge on any atom is 0.328 e. The summed E-state index contributed by atoms with van der Waals surface area (Å²) in [6.07, 6.45) is 3.09. The van der Waals surface area contributed by atoms with Gasteiger partial charge in [-0.3, -0.25) is 20.1 Å². The number of hydrogen-bond acceptors (Lipinski definition) is 6. The summed E-state index contributed by atoms with van der Waals surface area (Å²) >= 11 is 0. The Hall–Kier alpha value is -3.02. The first-order valence-electron chi connectivity index (χ1n) is 13.4. The normalized spacial score (nSPS) is 23.2. The summed E-state index contributed by atoms with van der Waals surface area (Å²) in [6, 6.07) is 13.6. The number of piperidine rings is 1. The molecular formula is C28H36FN5O4S. The van der Waals surface area contributed by atoms with Gasteiger partial charge in [-0.1, -0.05) is 18.2 Å². The number of urea groups is 1. The van der Waals surface area contributed by atoms with E-state index in [1.165, 1.54) is 22.7 Å². The molecule has 0 radical (unpaired) electrons. The Morgan fingerprint density at radius 3 is 2.54 bits per heavy atom.